The van der Waals surface area contributed by atoms with Crippen LogP contribution in [-0.2, 0) is 14.8 Å². The lowest BCUT2D eigenvalue weighted by Gasteiger charge is -2.35. The van der Waals surface area contributed by atoms with Crippen LogP contribution < -0.4 is 4.72 Å². The van der Waals surface area contributed by atoms with Gasteiger partial charge in [0, 0.05) is 19.1 Å². The third-order valence-electron chi connectivity index (χ3n) is 2.68. The lowest BCUT2D eigenvalue weighted by atomic mass is 10.0. The molecule has 8 heteroatoms. The van der Waals surface area contributed by atoms with Crippen LogP contribution >= 0.6 is 0 Å². The number of rotatable bonds is 4. The molecule has 100 valence electrons. The van der Waals surface area contributed by atoms with E-state index in [0.29, 0.717) is 12.8 Å². The van der Waals surface area contributed by atoms with Crippen molar-refractivity contribution in [1.82, 2.24) is 9.62 Å². The molecule has 0 aromatic rings. The molecule has 1 heterocycles. The third kappa shape index (κ3) is 4.55. The second kappa shape index (κ2) is 5.72. The molecule has 17 heavy (non-hydrogen) atoms. The van der Waals surface area contributed by atoms with Crippen molar-refractivity contribution in [3.63, 3.8) is 0 Å². The van der Waals surface area contributed by atoms with Crippen molar-refractivity contribution < 1.29 is 22.0 Å². The van der Waals surface area contributed by atoms with Gasteiger partial charge in [-0.25, -0.2) is 13.1 Å². The summed E-state index contributed by atoms with van der Waals surface area (Å²) in [6, 6.07) is -0.472. The largest absolute Gasteiger partial charge is 0.333 e. The fourth-order valence-electron chi connectivity index (χ4n) is 1.88. The van der Waals surface area contributed by atoms with Crippen LogP contribution in [0.5, 0.6) is 0 Å². The standard InChI is InChI=1S/C9H16F2N2O3S/c1-17(15,16)12-6-7-4-2-3-5-13(7)9(14)8(10)11/h7-8,12H,2-6H2,1H3. The molecule has 1 rings (SSSR count). The Bertz CT molecular complexity index is 372. The SMILES string of the molecule is CS(=O)(=O)NCC1CCCCN1C(=O)C(F)F. The van der Waals surface area contributed by atoms with Gasteiger partial charge in [-0.05, 0) is 19.3 Å². The van der Waals surface area contributed by atoms with Gasteiger partial charge in [-0.1, -0.05) is 0 Å². The lowest BCUT2D eigenvalue weighted by Crippen LogP contribution is -2.51. The van der Waals surface area contributed by atoms with E-state index in [4.69, 9.17) is 0 Å². The molecule has 1 amide bonds. The summed E-state index contributed by atoms with van der Waals surface area (Å²) in [5.74, 6) is -1.22. The summed E-state index contributed by atoms with van der Waals surface area (Å²) in [7, 11) is -3.37. The predicted octanol–water partition coefficient (Wildman–Crippen LogP) is 0.182. The highest BCUT2D eigenvalue weighted by molar-refractivity contribution is 7.88. The van der Waals surface area contributed by atoms with E-state index >= 15 is 0 Å². The van der Waals surface area contributed by atoms with E-state index in [-0.39, 0.29) is 13.1 Å². The number of carbonyl (C=O) groups is 1. The maximum Gasteiger partial charge on any atom is 0.315 e. The van der Waals surface area contributed by atoms with Crippen molar-refractivity contribution in [1.29, 1.82) is 0 Å². The summed E-state index contributed by atoms with van der Waals surface area (Å²) in [5, 5.41) is 0. The first-order valence-electron chi connectivity index (χ1n) is 5.34. The number of piperidine rings is 1. The van der Waals surface area contributed by atoms with E-state index in [2.05, 4.69) is 4.72 Å². The number of carbonyl (C=O) groups excluding carboxylic acids is 1. The predicted molar refractivity (Wildman–Crippen MR) is 58.2 cm³/mol. The summed E-state index contributed by atoms with van der Waals surface area (Å²) in [5.41, 5.74) is 0. The normalized spacial score (nSPS) is 21.9. The van der Waals surface area contributed by atoms with E-state index in [1.807, 2.05) is 0 Å². The topological polar surface area (TPSA) is 66.5 Å². The zero-order chi connectivity index (χ0) is 13.1. The molecule has 0 aromatic carbocycles. The molecule has 1 aliphatic heterocycles. The maximum atomic E-state index is 12.3. The molecule has 1 saturated heterocycles. The molecule has 1 fully saturated rings. The maximum absolute atomic E-state index is 12.3. The number of likely N-dealkylation sites (tertiary alicyclic amines) is 1. The lowest BCUT2D eigenvalue weighted by molar-refractivity contribution is -0.146. The number of alkyl halides is 2. The van der Waals surface area contributed by atoms with Gasteiger partial charge < -0.3 is 4.90 Å². The van der Waals surface area contributed by atoms with Gasteiger partial charge in [0.05, 0.1) is 6.26 Å². The molecule has 0 bridgehead atoms. The molecule has 1 aliphatic rings. The van der Waals surface area contributed by atoms with Crippen LogP contribution in [0.3, 0.4) is 0 Å². The first kappa shape index (κ1) is 14.3. The minimum Gasteiger partial charge on any atom is -0.333 e. The molecular formula is C9H16F2N2O3S. The first-order valence-corrected chi connectivity index (χ1v) is 7.23. The van der Waals surface area contributed by atoms with Crippen molar-refractivity contribution in [2.45, 2.75) is 31.7 Å². The number of hydrogen-bond acceptors (Lipinski definition) is 3. The summed E-state index contributed by atoms with van der Waals surface area (Å²) >= 11 is 0. The Morgan fingerprint density at radius 1 is 1.47 bits per heavy atom. The Morgan fingerprint density at radius 3 is 2.65 bits per heavy atom. The van der Waals surface area contributed by atoms with Crippen LogP contribution in [-0.4, -0.2) is 51.0 Å². The summed E-state index contributed by atoms with van der Waals surface area (Å²) in [6.07, 6.45) is -0.0126. The van der Waals surface area contributed by atoms with E-state index in [1.165, 1.54) is 0 Å². The zero-order valence-corrected chi connectivity index (χ0v) is 10.3. The van der Waals surface area contributed by atoms with Gasteiger partial charge in [0.2, 0.25) is 10.0 Å². The Kier molecular flexibility index (Phi) is 4.81. The van der Waals surface area contributed by atoms with Crippen molar-refractivity contribution in [2.24, 2.45) is 0 Å². The molecule has 0 aromatic heterocycles. The monoisotopic (exact) mass is 270 g/mol. The minimum atomic E-state index is -3.37. The van der Waals surface area contributed by atoms with Crippen molar-refractivity contribution in [3.8, 4) is 0 Å². The van der Waals surface area contributed by atoms with E-state index in [1.54, 1.807) is 0 Å². The van der Waals surface area contributed by atoms with Crippen LogP contribution in [0.1, 0.15) is 19.3 Å². The van der Waals surface area contributed by atoms with Crippen LogP contribution in [0.25, 0.3) is 0 Å². The fourth-order valence-corrected chi connectivity index (χ4v) is 2.37. The second-order valence-electron chi connectivity index (χ2n) is 4.10. The fraction of sp³-hybridized carbons (Fsp3) is 0.889. The third-order valence-corrected chi connectivity index (χ3v) is 3.37. The molecule has 0 saturated carbocycles. The van der Waals surface area contributed by atoms with Crippen LogP contribution in [0, 0.1) is 0 Å². The van der Waals surface area contributed by atoms with Gasteiger partial charge in [0.25, 0.3) is 5.91 Å². The minimum absolute atomic E-state index is 0.00269. The Labute approximate surface area is 99.2 Å². The Balaban J connectivity index is 2.63. The molecule has 0 aliphatic carbocycles. The first-order chi connectivity index (χ1) is 7.81. The highest BCUT2D eigenvalue weighted by Crippen LogP contribution is 2.18. The van der Waals surface area contributed by atoms with Gasteiger partial charge in [-0.3, -0.25) is 4.79 Å². The zero-order valence-electron chi connectivity index (χ0n) is 9.53. The van der Waals surface area contributed by atoms with Crippen LogP contribution in [0.15, 0.2) is 0 Å². The molecule has 0 spiro atoms. The van der Waals surface area contributed by atoms with Gasteiger partial charge >= 0.3 is 6.43 Å². The molecular weight excluding hydrogens is 254 g/mol. The van der Waals surface area contributed by atoms with Gasteiger partial charge in [0.1, 0.15) is 0 Å². The Morgan fingerprint density at radius 2 is 2.12 bits per heavy atom. The average molecular weight is 270 g/mol. The molecule has 1 atom stereocenters. The summed E-state index contributed by atoms with van der Waals surface area (Å²) in [4.78, 5) is 12.3. The van der Waals surface area contributed by atoms with Gasteiger partial charge in [-0.15, -0.1) is 0 Å². The molecule has 1 unspecified atom stereocenters. The van der Waals surface area contributed by atoms with E-state index < -0.39 is 28.4 Å². The van der Waals surface area contributed by atoms with Crippen LogP contribution in [0.4, 0.5) is 8.78 Å². The van der Waals surface area contributed by atoms with E-state index in [0.717, 1.165) is 17.6 Å². The number of nitrogens with one attached hydrogen (secondary N) is 1. The van der Waals surface area contributed by atoms with E-state index in [9.17, 15) is 22.0 Å². The van der Waals surface area contributed by atoms with Crippen molar-refractivity contribution in [3.05, 3.63) is 0 Å². The average Bonchev–Trinajstić information content (AvgIpc) is 2.24. The molecule has 5 nitrogen and oxygen atoms in total. The Hall–Kier alpha value is -0.760. The highest BCUT2D eigenvalue weighted by atomic mass is 32.2. The summed E-state index contributed by atoms with van der Waals surface area (Å²) < 4.78 is 48.8. The number of hydrogen-bond donors (Lipinski definition) is 1. The summed E-state index contributed by atoms with van der Waals surface area (Å²) in [6.45, 7) is 0.260. The molecule has 0 radical (unpaired) electrons. The smallest absolute Gasteiger partial charge is 0.315 e. The number of halogens is 2. The number of sulfonamides is 1. The highest BCUT2D eigenvalue weighted by Gasteiger charge is 2.31. The van der Waals surface area contributed by atoms with Gasteiger partial charge in [0.15, 0.2) is 0 Å². The van der Waals surface area contributed by atoms with Gasteiger partial charge in [-0.2, -0.15) is 8.78 Å². The van der Waals surface area contributed by atoms with Crippen LogP contribution in [0.2, 0.25) is 0 Å². The van der Waals surface area contributed by atoms with Crippen molar-refractivity contribution in [2.75, 3.05) is 19.3 Å². The number of nitrogens with zero attached hydrogens (tertiary/aromatic N) is 1. The van der Waals surface area contributed by atoms with Crippen molar-refractivity contribution >= 4 is 15.9 Å². The second-order valence-corrected chi connectivity index (χ2v) is 5.94. The quantitative estimate of drug-likeness (QED) is 0.792. The molecule has 1 N–H and O–H groups in total. The number of amides is 1.